The maximum absolute atomic E-state index is 12.8. The molecule has 1 atom stereocenters. The van der Waals surface area contributed by atoms with Gasteiger partial charge in [-0.05, 0) is 45.9 Å². The van der Waals surface area contributed by atoms with Crippen molar-refractivity contribution >= 4 is 27.3 Å². The van der Waals surface area contributed by atoms with Gasteiger partial charge in [-0.2, -0.15) is 11.3 Å². The predicted octanol–water partition coefficient (Wildman–Crippen LogP) is 3.87. The Morgan fingerprint density at radius 3 is 2.38 bits per heavy atom. The molecule has 0 bridgehead atoms. The summed E-state index contributed by atoms with van der Waals surface area (Å²) in [5.74, 6) is -0.246. The van der Waals surface area contributed by atoms with E-state index >= 15 is 0 Å². The zero-order valence-electron chi connectivity index (χ0n) is 8.71. The summed E-state index contributed by atoms with van der Waals surface area (Å²) in [5.41, 5.74) is 7.62. The molecule has 0 spiro atoms. The van der Waals surface area contributed by atoms with Crippen LogP contribution in [0.15, 0.2) is 39.5 Å². The van der Waals surface area contributed by atoms with Crippen LogP contribution in [0.25, 0.3) is 0 Å². The Kier molecular flexibility index (Phi) is 3.15. The van der Waals surface area contributed by atoms with Crippen molar-refractivity contribution in [1.82, 2.24) is 0 Å². The van der Waals surface area contributed by atoms with Crippen molar-refractivity contribution in [1.29, 1.82) is 0 Å². The summed E-state index contributed by atoms with van der Waals surface area (Å²) in [6, 6.07) is 6.31. The quantitative estimate of drug-likeness (QED) is 0.895. The maximum atomic E-state index is 12.8. The van der Waals surface area contributed by atoms with E-state index < -0.39 is 5.54 Å². The maximum Gasteiger partial charge on any atom is 0.123 e. The Bertz CT molecular complexity index is 490. The molecule has 1 aromatic heterocycles. The van der Waals surface area contributed by atoms with Gasteiger partial charge in [0.15, 0.2) is 0 Å². The molecular weight excluding hydrogens is 289 g/mol. The van der Waals surface area contributed by atoms with Crippen molar-refractivity contribution in [2.75, 3.05) is 0 Å². The van der Waals surface area contributed by atoms with Crippen molar-refractivity contribution in [2.24, 2.45) is 5.73 Å². The topological polar surface area (TPSA) is 26.0 Å². The van der Waals surface area contributed by atoms with Gasteiger partial charge in [-0.15, -0.1) is 0 Å². The fourth-order valence-electron chi connectivity index (χ4n) is 1.60. The number of nitrogens with two attached hydrogens (primary N) is 1. The smallest absolute Gasteiger partial charge is 0.123 e. The normalized spacial score (nSPS) is 14.8. The number of rotatable bonds is 2. The van der Waals surface area contributed by atoms with Gasteiger partial charge in [0.25, 0.3) is 0 Å². The van der Waals surface area contributed by atoms with E-state index in [9.17, 15) is 4.39 Å². The highest BCUT2D eigenvalue weighted by molar-refractivity contribution is 9.10. The summed E-state index contributed by atoms with van der Waals surface area (Å²) in [7, 11) is 0. The monoisotopic (exact) mass is 299 g/mol. The van der Waals surface area contributed by atoms with Gasteiger partial charge in [0.05, 0.1) is 5.54 Å². The molecule has 1 aromatic carbocycles. The van der Waals surface area contributed by atoms with Crippen LogP contribution in [0.4, 0.5) is 4.39 Å². The van der Waals surface area contributed by atoms with Crippen LogP contribution in [0, 0.1) is 5.82 Å². The van der Waals surface area contributed by atoms with Crippen molar-refractivity contribution in [3.05, 3.63) is 56.4 Å². The summed E-state index contributed by atoms with van der Waals surface area (Å²) in [6.07, 6.45) is 0. The van der Waals surface area contributed by atoms with Crippen LogP contribution in [0.1, 0.15) is 18.1 Å². The molecule has 0 amide bonds. The predicted molar refractivity (Wildman–Crippen MR) is 69.1 cm³/mol. The molecule has 0 saturated heterocycles. The van der Waals surface area contributed by atoms with E-state index in [1.54, 1.807) is 23.5 Å². The number of benzene rings is 1. The van der Waals surface area contributed by atoms with E-state index in [1.165, 1.54) is 12.1 Å². The van der Waals surface area contributed by atoms with Gasteiger partial charge in [0.2, 0.25) is 0 Å². The number of thiophene rings is 1. The summed E-state index contributed by atoms with van der Waals surface area (Å²) >= 11 is 5.06. The molecule has 2 aromatic rings. The molecule has 84 valence electrons. The van der Waals surface area contributed by atoms with Gasteiger partial charge in [0.1, 0.15) is 5.82 Å². The standard InChI is InChI=1S/C12H11BrFNS/c1-12(15,10-6-16-7-11(10)13)8-2-4-9(14)5-3-8/h2-7H,15H2,1H3. The lowest BCUT2D eigenvalue weighted by Crippen LogP contribution is -2.34. The first-order chi connectivity index (χ1) is 7.51. The number of halogens is 2. The molecule has 0 saturated carbocycles. The molecule has 4 heteroatoms. The van der Waals surface area contributed by atoms with Crippen molar-refractivity contribution in [3.8, 4) is 0 Å². The molecule has 1 unspecified atom stereocenters. The van der Waals surface area contributed by atoms with Crippen LogP contribution in [0.2, 0.25) is 0 Å². The number of hydrogen-bond donors (Lipinski definition) is 1. The van der Waals surface area contributed by atoms with E-state index in [1.807, 2.05) is 17.7 Å². The minimum absolute atomic E-state index is 0.246. The fraction of sp³-hybridized carbons (Fsp3) is 0.167. The second-order valence-corrected chi connectivity index (χ2v) is 5.44. The van der Waals surface area contributed by atoms with E-state index in [2.05, 4.69) is 15.9 Å². The summed E-state index contributed by atoms with van der Waals surface area (Å²) in [6.45, 7) is 1.92. The van der Waals surface area contributed by atoms with Gasteiger partial charge in [0, 0.05) is 15.4 Å². The van der Waals surface area contributed by atoms with E-state index in [0.29, 0.717) is 0 Å². The molecule has 2 rings (SSSR count). The largest absolute Gasteiger partial charge is 0.318 e. The van der Waals surface area contributed by atoms with E-state index in [0.717, 1.165) is 15.6 Å². The van der Waals surface area contributed by atoms with Crippen molar-refractivity contribution in [3.63, 3.8) is 0 Å². The van der Waals surface area contributed by atoms with Crippen LogP contribution < -0.4 is 5.73 Å². The van der Waals surface area contributed by atoms with Gasteiger partial charge in [-0.1, -0.05) is 12.1 Å². The Morgan fingerprint density at radius 2 is 1.88 bits per heavy atom. The lowest BCUT2D eigenvalue weighted by atomic mass is 9.87. The minimum Gasteiger partial charge on any atom is -0.318 e. The highest BCUT2D eigenvalue weighted by Crippen LogP contribution is 2.34. The van der Waals surface area contributed by atoms with Crippen LogP contribution in [-0.2, 0) is 5.54 Å². The Hall–Kier alpha value is -0.710. The van der Waals surface area contributed by atoms with Crippen LogP contribution in [0.5, 0.6) is 0 Å². The molecule has 1 heterocycles. The zero-order chi connectivity index (χ0) is 11.8. The average Bonchev–Trinajstić information content (AvgIpc) is 2.66. The summed E-state index contributed by atoms with van der Waals surface area (Å²) in [5, 5.41) is 4.00. The third-order valence-corrected chi connectivity index (χ3v) is 4.32. The molecule has 2 N–H and O–H groups in total. The molecule has 0 aliphatic heterocycles. The SMILES string of the molecule is CC(N)(c1ccc(F)cc1)c1cscc1Br. The molecule has 0 fully saturated rings. The van der Waals surface area contributed by atoms with Crippen LogP contribution >= 0.6 is 27.3 Å². The molecule has 1 nitrogen and oxygen atoms in total. The summed E-state index contributed by atoms with van der Waals surface area (Å²) < 4.78 is 13.8. The second-order valence-electron chi connectivity index (χ2n) is 3.84. The van der Waals surface area contributed by atoms with Crippen molar-refractivity contribution in [2.45, 2.75) is 12.5 Å². The van der Waals surface area contributed by atoms with Gasteiger partial charge in [-0.25, -0.2) is 4.39 Å². The molecular formula is C12H11BrFNS. The van der Waals surface area contributed by atoms with Crippen LogP contribution in [0.3, 0.4) is 0 Å². The third kappa shape index (κ3) is 2.05. The molecule has 0 aliphatic rings. The molecule has 16 heavy (non-hydrogen) atoms. The first-order valence-electron chi connectivity index (χ1n) is 4.79. The first-order valence-corrected chi connectivity index (χ1v) is 6.52. The Labute approximate surface area is 106 Å². The Morgan fingerprint density at radius 1 is 1.25 bits per heavy atom. The van der Waals surface area contributed by atoms with E-state index in [-0.39, 0.29) is 5.82 Å². The lowest BCUT2D eigenvalue weighted by molar-refractivity contribution is 0.593. The molecule has 0 radical (unpaired) electrons. The first kappa shape index (κ1) is 11.8. The highest BCUT2D eigenvalue weighted by atomic mass is 79.9. The molecule has 0 aliphatic carbocycles. The van der Waals surface area contributed by atoms with E-state index in [4.69, 9.17) is 5.73 Å². The van der Waals surface area contributed by atoms with Crippen LogP contribution in [-0.4, -0.2) is 0 Å². The second kappa shape index (κ2) is 4.28. The lowest BCUT2D eigenvalue weighted by Gasteiger charge is -2.25. The summed E-state index contributed by atoms with van der Waals surface area (Å²) in [4.78, 5) is 0. The average molecular weight is 300 g/mol. The minimum atomic E-state index is -0.605. The van der Waals surface area contributed by atoms with Gasteiger partial charge >= 0.3 is 0 Å². The van der Waals surface area contributed by atoms with Crippen molar-refractivity contribution < 1.29 is 4.39 Å². The Balaban J connectivity index is 2.46. The third-order valence-electron chi connectivity index (χ3n) is 2.62. The van der Waals surface area contributed by atoms with Gasteiger partial charge < -0.3 is 5.73 Å². The van der Waals surface area contributed by atoms with Gasteiger partial charge in [-0.3, -0.25) is 0 Å². The number of hydrogen-bond acceptors (Lipinski definition) is 2. The highest BCUT2D eigenvalue weighted by Gasteiger charge is 2.26. The fourth-order valence-corrected chi connectivity index (χ4v) is 3.43. The zero-order valence-corrected chi connectivity index (χ0v) is 11.1.